The summed E-state index contributed by atoms with van der Waals surface area (Å²) >= 11 is 0. The molecule has 0 unspecified atom stereocenters. The Labute approximate surface area is 428 Å². The summed E-state index contributed by atoms with van der Waals surface area (Å²) in [7, 11) is 3.70. The molecule has 0 amide bonds. The lowest BCUT2D eigenvalue weighted by Crippen LogP contribution is -2.70. The van der Waals surface area contributed by atoms with Crippen LogP contribution < -0.4 is 0 Å². The van der Waals surface area contributed by atoms with Crippen molar-refractivity contribution >= 4 is 11.9 Å². The number of aliphatic hydroxyl groups excluding tert-OH is 9. The van der Waals surface area contributed by atoms with E-state index >= 15 is 0 Å². The Hall–Kier alpha value is -1.96. The summed E-state index contributed by atoms with van der Waals surface area (Å²) in [5.74, 6) is -2.39. The molecule has 7 fully saturated rings. The van der Waals surface area contributed by atoms with Crippen LogP contribution in [0.1, 0.15) is 113 Å². The maximum absolute atomic E-state index is 14.0. The van der Waals surface area contributed by atoms with Gasteiger partial charge in [-0.05, 0) is 110 Å². The smallest absolute Gasteiger partial charge is 0.337 e. The van der Waals surface area contributed by atoms with E-state index in [0.29, 0.717) is 18.8 Å². The number of carbonyl (C=O) groups is 2. The van der Waals surface area contributed by atoms with Crippen LogP contribution in [0.15, 0.2) is 11.6 Å². The van der Waals surface area contributed by atoms with Crippen molar-refractivity contribution in [3.63, 3.8) is 0 Å². The van der Waals surface area contributed by atoms with Crippen molar-refractivity contribution < 1.29 is 98.2 Å². The van der Waals surface area contributed by atoms with E-state index < -0.39 is 146 Å². The molecule has 0 radical (unpaired) electrons. The molecule has 4 saturated carbocycles. The first-order valence-corrected chi connectivity index (χ1v) is 26.5. The maximum Gasteiger partial charge on any atom is 0.337 e. The van der Waals surface area contributed by atoms with Gasteiger partial charge in [-0.2, -0.15) is 0 Å². The highest BCUT2D eigenvalue weighted by Crippen LogP contribution is 2.76. The number of ether oxygens (including phenoxy) is 9. The molecule has 73 heavy (non-hydrogen) atoms. The van der Waals surface area contributed by atoms with Gasteiger partial charge in [0, 0.05) is 18.4 Å². The van der Waals surface area contributed by atoms with Gasteiger partial charge in [0.25, 0.3) is 0 Å². The number of carbonyl (C=O) groups excluding carboxylic acids is 2. The summed E-state index contributed by atoms with van der Waals surface area (Å²) < 4.78 is 53.6. The molecule has 0 bridgehead atoms. The standard InChI is InChI=1S/C53H86O20/c1-24-31(56)33(58)37(62)45(68-24)71-40-34(59)32(57)28(22-54)69-46(40)72-41-36(61)35(60)39(44(64)67-11)70-47(41)73-42-25(38(65-9)43(63)66-10)20-50(5)29(51(42,6)23-55)14-15-53(8)30(50)13-12-26-27-21-48(2,3)16-17-49(27,4)18-19-52(26,53)7/h12,24-25,27-42,45-47,54-62H,13-23H2,1-11H3/t24-,25+,27-,28+,29+,30+,31-,32+,33+,34-,35-,36-,37+,38+,39-,40+,41+,42-,45-,46-,47-,49+,50-,51+,52+,53+/m0/s1. The Morgan fingerprint density at radius 3 is 1.93 bits per heavy atom. The van der Waals surface area contributed by atoms with Crippen LogP contribution in [0.5, 0.6) is 0 Å². The zero-order chi connectivity index (χ0) is 53.7. The number of esters is 2. The van der Waals surface area contributed by atoms with Gasteiger partial charge < -0.3 is 88.6 Å². The Morgan fingerprint density at radius 2 is 1.32 bits per heavy atom. The van der Waals surface area contributed by atoms with Gasteiger partial charge in [-0.3, -0.25) is 0 Å². The van der Waals surface area contributed by atoms with E-state index in [0.717, 1.165) is 39.2 Å². The minimum absolute atomic E-state index is 0.0845. The normalized spacial score (nSPS) is 52.0. The van der Waals surface area contributed by atoms with E-state index in [4.69, 9.17) is 42.6 Å². The molecule has 3 heterocycles. The second-order valence-corrected chi connectivity index (χ2v) is 25.2. The minimum atomic E-state index is -2.07. The summed E-state index contributed by atoms with van der Waals surface area (Å²) in [5.41, 5.74) is -0.0233. The fourth-order valence-corrected chi connectivity index (χ4v) is 16.1. The molecule has 3 aliphatic heterocycles. The Kier molecular flexibility index (Phi) is 16.2. The van der Waals surface area contributed by atoms with Crippen molar-refractivity contribution in [3.05, 3.63) is 11.6 Å². The first-order chi connectivity index (χ1) is 34.1. The number of fused-ring (bicyclic) bond motifs is 7. The molecule has 5 aliphatic carbocycles. The highest BCUT2D eigenvalue weighted by Gasteiger charge is 2.71. The Morgan fingerprint density at radius 1 is 0.685 bits per heavy atom. The molecule has 20 heteroatoms. The van der Waals surface area contributed by atoms with Crippen LogP contribution in [-0.2, 0) is 52.2 Å². The van der Waals surface area contributed by atoms with Crippen LogP contribution in [0.4, 0.5) is 0 Å². The topological polar surface area (TPSA) is 299 Å². The number of hydrogen-bond donors (Lipinski definition) is 9. The molecular formula is C53H86O20. The monoisotopic (exact) mass is 1040 g/mol. The molecule has 20 nitrogen and oxygen atoms in total. The highest BCUT2D eigenvalue weighted by atomic mass is 16.8. The van der Waals surface area contributed by atoms with Crippen LogP contribution in [0.3, 0.4) is 0 Å². The third kappa shape index (κ3) is 9.27. The van der Waals surface area contributed by atoms with E-state index in [2.05, 4.69) is 47.6 Å². The van der Waals surface area contributed by atoms with Gasteiger partial charge in [-0.15, -0.1) is 0 Å². The predicted octanol–water partition coefficient (Wildman–Crippen LogP) is 1.24. The SMILES string of the molecule is COC(=O)[C@H]1O[C@@H](O[C@H]2[C@@H]([C@@H](OC)C(=O)OC)C[C@@]3(C)[C@@H](CC[C@]4(C)[C@@H]3CC=C3[C@@H]5CC(C)(C)CC[C@]5(C)CC[C@]34C)[C@@]2(C)CO)[C@H](O[C@@H]2O[C@H](CO)[C@@H](O)[C@H](O)[C@H]2O[C@@H]2O[C@@H](C)[C@H](O)[C@@H](O)[C@H]2O)[C@@H](O)[C@@H]1O. The molecule has 3 saturated heterocycles. The van der Waals surface area contributed by atoms with Gasteiger partial charge in [0.2, 0.25) is 0 Å². The van der Waals surface area contributed by atoms with E-state index in [9.17, 15) is 55.5 Å². The summed E-state index contributed by atoms with van der Waals surface area (Å²) in [6.45, 7) is 16.4. The van der Waals surface area contributed by atoms with Gasteiger partial charge >= 0.3 is 11.9 Å². The lowest BCUT2D eigenvalue weighted by Gasteiger charge is -2.72. The lowest BCUT2D eigenvalue weighted by molar-refractivity contribution is -0.398. The third-order valence-corrected chi connectivity index (χ3v) is 20.7. The van der Waals surface area contributed by atoms with Crippen molar-refractivity contribution in [1.82, 2.24) is 0 Å². The Bertz CT molecular complexity index is 2020. The average Bonchev–Trinajstić information content (AvgIpc) is 3.35. The van der Waals surface area contributed by atoms with Crippen LogP contribution >= 0.6 is 0 Å². The predicted molar refractivity (Wildman–Crippen MR) is 255 cm³/mol. The van der Waals surface area contributed by atoms with Gasteiger partial charge in [0.15, 0.2) is 31.1 Å². The van der Waals surface area contributed by atoms with E-state index in [1.54, 1.807) is 5.57 Å². The molecule has 0 spiro atoms. The van der Waals surface area contributed by atoms with E-state index in [1.165, 1.54) is 34.0 Å². The fourth-order valence-electron chi connectivity index (χ4n) is 16.1. The second-order valence-electron chi connectivity index (χ2n) is 25.2. The summed E-state index contributed by atoms with van der Waals surface area (Å²) in [5, 5.41) is 100. The lowest BCUT2D eigenvalue weighted by atomic mass is 9.33. The Balaban J connectivity index is 1.18. The minimum Gasteiger partial charge on any atom is -0.467 e. The number of hydrogen-bond acceptors (Lipinski definition) is 20. The summed E-state index contributed by atoms with van der Waals surface area (Å²) in [6.07, 6.45) is -18.4. The zero-order valence-electron chi connectivity index (χ0n) is 44.5. The molecule has 0 aromatic heterocycles. The molecular weight excluding hydrogens is 957 g/mol. The van der Waals surface area contributed by atoms with Gasteiger partial charge in [-0.25, -0.2) is 9.59 Å². The number of rotatable bonds is 12. The molecule has 0 aromatic carbocycles. The fraction of sp³-hybridized carbons (Fsp3) is 0.925. The number of methoxy groups -OCH3 is 3. The highest BCUT2D eigenvalue weighted by molar-refractivity contribution is 5.76. The van der Waals surface area contributed by atoms with Gasteiger partial charge in [0.1, 0.15) is 61.0 Å². The first kappa shape index (κ1) is 57.2. The van der Waals surface area contributed by atoms with Crippen LogP contribution in [0.2, 0.25) is 0 Å². The molecule has 26 atom stereocenters. The van der Waals surface area contributed by atoms with Crippen molar-refractivity contribution in [2.75, 3.05) is 34.5 Å². The average molecular weight is 1040 g/mol. The van der Waals surface area contributed by atoms with Crippen molar-refractivity contribution in [2.24, 2.45) is 56.2 Å². The van der Waals surface area contributed by atoms with Crippen LogP contribution in [0.25, 0.3) is 0 Å². The van der Waals surface area contributed by atoms with Crippen molar-refractivity contribution in [1.29, 1.82) is 0 Å². The van der Waals surface area contributed by atoms with Gasteiger partial charge in [0.05, 0.1) is 39.6 Å². The van der Waals surface area contributed by atoms with E-state index in [-0.39, 0.29) is 33.5 Å². The summed E-state index contributed by atoms with van der Waals surface area (Å²) in [4.78, 5) is 27.4. The molecule has 8 aliphatic rings. The largest absolute Gasteiger partial charge is 0.467 e. The third-order valence-electron chi connectivity index (χ3n) is 20.7. The number of aliphatic hydroxyl groups is 9. The molecule has 9 N–H and O–H groups in total. The molecule has 8 rings (SSSR count). The molecule has 0 aromatic rings. The zero-order valence-corrected chi connectivity index (χ0v) is 44.5. The van der Waals surface area contributed by atoms with Crippen molar-refractivity contribution in [3.8, 4) is 0 Å². The first-order valence-electron chi connectivity index (χ1n) is 26.5. The van der Waals surface area contributed by atoms with Crippen molar-refractivity contribution in [2.45, 2.75) is 218 Å². The second kappa shape index (κ2) is 20.7. The maximum atomic E-state index is 14.0. The summed E-state index contributed by atoms with van der Waals surface area (Å²) in [6, 6.07) is 0. The van der Waals surface area contributed by atoms with Gasteiger partial charge in [-0.1, -0.05) is 60.1 Å². The van der Waals surface area contributed by atoms with E-state index in [1.807, 2.05) is 6.92 Å². The quantitative estimate of drug-likeness (QED) is 0.0755. The number of allylic oxidation sites excluding steroid dienone is 2. The molecule has 418 valence electrons. The van der Waals surface area contributed by atoms with Crippen LogP contribution in [0, 0.1) is 56.2 Å². The van der Waals surface area contributed by atoms with Crippen LogP contribution in [-0.4, -0.2) is 197 Å².